The molecule has 0 bridgehead atoms. The van der Waals surface area contributed by atoms with E-state index in [1.165, 1.54) is 24.1 Å². The molecule has 0 saturated carbocycles. The quantitative estimate of drug-likeness (QED) is 0.611. The molecule has 1 aliphatic carbocycles. The lowest BCUT2D eigenvalue weighted by atomic mass is 9.97. The summed E-state index contributed by atoms with van der Waals surface area (Å²) in [6, 6.07) is 2.17. The smallest absolute Gasteiger partial charge is 0.0306 e. The Hall–Kier alpha value is -0.890. The highest BCUT2D eigenvalue weighted by molar-refractivity contribution is 5.35. The Labute approximate surface area is 72.0 Å². The third kappa shape index (κ3) is 0.758. The lowest BCUT2D eigenvalue weighted by Gasteiger charge is -2.06. The van der Waals surface area contributed by atoms with E-state index in [4.69, 9.17) is 0 Å². The monoisotopic (exact) mass is 160 g/mol. The summed E-state index contributed by atoms with van der Waals surface area (Å²) >= 11 is 0. The van der Waals surface area contributed by atoms with Gasteiger partial charge in [0, 0.05) is 24.9 Å². The predicted molar refractivity (Wildman–Crippen MR) is 47.0 cm³/mol. The average molecular weight is 160 g/mol. The number of pyridine rings is 1. The molecular weight excluding hydrogens is 148 g/mol. The third-order valence-electron chi connectivity index (χ3n) is 3.17. The van der Waals surface area contributed by atoms with Crippen LogP contribution in [0, 0.1) is 5.92 Å². The molecule has 12 heavy (non-hydrogen) atoms. The van der Waals surface area contributed by atoms with Gasteiger partial charge in [0.25, 0.3) is 0 Å². The fraction of sp³-hybridized carbons (Fsp3) is 0.500. The van der Waals surface area contributed by atoms with Crippen molar-refractivity contribution < 1.29 is 0 Å². The van der Waals surface area contributed by atoms with Gasteiger partial charge in [0.15, 0.2) is 0 Å². The van der Waals surface area contributed by atoms with Crippen molar-refractivity contribution in [1.29, 1.82) is 0 Å². The molecular formula is C10H12N2. The van der Waals surface area contributed by atoms with Crippen LogP contribution in [0.2, 0.25) is 0 Å². The van der Waals surface area contributed by atoms with Crippen LogP contribution in [0.25, 0.3) is 0 Å². The van der Waals surface area contributed by atoms with Crippen LogP contribution >= 0.6 is 0 Å². The number of nitrogens with one attached hydrogen (secondary N) is 1. The summed E-state index contributed by atoms with van der Waals surface area (Å²) in [7, 11) is 0. The maximum absolute atomic E-state index is 4.19. The lowest BCUT2D eigenvalue weighted by Crippen LogP contribution is -2.10. The van der Waals surface area contributed by atoms with Crippen LogP contribution in [-0.4, -0.2) is 18.1 Å². The first-order valence-electron chi connectivity index (χ1n) is 4.58. The van der Waals surface area contributed by atoms with E-state index in [0.29, 0.717) is 0 Å². The van der Waals surface area contributed by atoms with E-state index in [1.54, 1.807) is 0 Å². The van der Waals surface area contributed by atoms with Gasteiger partial charge in [-0.25, -0.2) is 0 Å². The van der Waals surface area contributed by atoms with Crippen molar-refractivity contribution in [1.82, 2.24) is 10.3 Å². The standard InChI is InChI=1S/C10H12N2/c1-2-11-5-9-7(1)3-8-4-12-6-10(8)9/h1-2,5,8,10,12H,3-4,6H2/t8-,10+/m0/s1. The minimum atomic E-state index is 0.758. The van der Waals surface area contributed by atoms with E-state index < -0.39 is 0 Å². The van der Waals surface area contributed by atoms with Crippen molar-refractivity contribution in [2.24, 2.45) is 5.92 Å². The molecule has 2 nitrogen and oxygen atoms in total. The minimum absolute atomic E-state index is 0.758. The molecule has 1 aromatic heterocycles. The van der Waals surface area contributed by atoms with Crippen LogP contribution in [0.15, 0.2) is 18.5 Å². The second kappa shape index (κ2) is 2.30. The molecule has 1 aliphatic heterocycles. The van der Waals surface area contributed by atoms with Gasteiger partial charge in [-0.15, -0.1) is 0 Å². The molecule has 3 rings (SSSR count). The Balaban J connectivity index is 2.09. The molecule has 1 saturated heterocycles. The predicted octanol–water partition coefficient (Wildman–Crippen LogP) is 0.941. The van der Waals surface area contributed by atoms with Crippen molar-refractivity contribution in [3.63, 3.8) is 0 Å². The molecule has 0 spiro atoms. The Morgan fingerprint density at radius 1 is 1.42 bits per heavy atom. The highest BCUT2D eigenvalue weighted by Crippen LogP contribution is 2.39. The van der Waals surface area contributed by atoms with Crippen molar-refractivity contribution >= 4 is 0 Å². The van der Waals surface area contributed by atoms with Crippen molar-refractivity contribution in [2.75, 3.05) is 13.1 Å². The number of rotatable bonds is 0. The normalized spacial score (nSPS) is 31.7. The highest BCUT2D eigenvalue weighted by Gasteiger charge is 2.35. The van der Waals surface area contributed by atoms with Gasteiger partial charge in [0.2, 0.25) is 0 Å². The Bertz CT molecular complexity index is 308. The first kappa shape index (κ1) is 6.61. The van der Waals surface area contributed by atoms with E-state index in [0.717, 1.165) is 18.4 Å². The van der Waals surface area contributed by atoms with Gasteiger partial charge in [0.05, 0.1) is 0 Å². The first-order valence-corrected chi connectivity index (χ1v) is 4.58. The summed E-state index contributed by atoms with van der Waals surface area (Å²) < 4.78 is 0. The van der Waals surface area contributed by atoms with E-state index in [2.05, 4.69) is 16.4 Å². The molecule has 0 radical (unpaired) electrons. The summed E-state index contributed by atoms with van der Waals surface area (Å²) in [5.74, 6) is 1.61. The molecule has 1 fully saturated rings. The van der Waals surface area contributed by atoms with E-state index in [1.807, 2.05) is 12.4 Å². The van der Waals surface area contributed by atoms with Crippen LogP contribution in [0.1, 0.15) is 17.0 Å². The van der Waals surface area contributed by atoms with Gasteiger partial charge in [-0.05, 0) is 36.1 Å². The van der Waals surface area contributed by atoms with E-state index in [-0.39, 0.29) is 0 Å². The Morgan fingerprint density at radius 3 is 3.42 bits per heavy atom. The van der Waals surface area contributed by atoms with Crippen LogP contribution < -0.4 is 5.32 Å². The number of nitrogens with zero attached hydrogens (tertiary/aromatic N) is 1. The SMILES string of the molecule is c1cc2c(cn1)[C@@H]1CNC[C@@H]1C2. The van der Waals surface area contributed by atoms with Gasteiger partial charge in [-0.1, -0.05) is 0 Å². The zero-order valence-electron chi connectivity index (χ0n) is 6.96. The summed E-state index contributed by atoms with van der Waals surface area (Å²) in [6.45, 7) is 2.35. The highest BCUT2D eigenvalue weighted by atomic mass is 14.9. The first-order chi connectivity index (χ1) is 5.95. The maximum Gasteiger partial charge on any atom is 0.0306 e. The summed E-state index contributed by atoms with van der Waals surface area (Å²) in [5.41, 5.74) is 3.02. The van der Waals surface area contributed by atoms with Crippen LogP contribution in [0.5, 0.6) is 0 Å². The number of fused-ring (bicyclic) bond motifs is 3. The molecule has 0 unspecified atom stereocenters. The zero-order chi connectivity index (χ0) is 7.97. The van der Waals surface area contributed by atoms with Gasteiger partial charge in [0.1, 0.15) is 0 Å². The second-order valence-corrected chi connectivity index (χ2v) is 3.80. The van der Waals surface area contributed by atoms with Gasteiger partial charge in [-0.2, -0.15) is 0 Å². The molecule has 2 heterocycles. The maximum atomic E-state index is 4.19. The Morgan fingerprint density at radius 2 is 2.42 bits per heavy atom. The lowest BCUT2D eigenvalue weighted by molar-refractivity contribution is 0.564. The van der Waals surface area contributed by atoms with E-state index in [9.17, 15) is 0 Å². The molecule has 0 amide bonds. The van der Waals surface area contributed by atoms with Crippen molar-refractivity contribution in [3.8, 4) is 0 Å². The zero-order valence-corrected chi connectivity index (χ0v) is 6.96. The van der Waals surface area contributed by atoms with Gasteiger partial charge in [-0.3, -0.25) is 4.98 Å². The van der Waals surface area contributed by atoms with Crippen LogP contribution in [0.4, 0.5) is 0 Å². The van der Waals surface area contributed by atoms with Gasteiger partial charge < -0.3 is 5.32 Å². The van der Waals surface area contributed by atoms with E-state index >= 15 is 0 Å². The second-order valence-electron chi connectivity index (χ2n) is 3.80. The topological polar surface area (TPSA) is 24.9 Å². The van der Waals surface area contributed by atoms with Crippen LogP contribution in [0.3, 0.4) is 0 Å². The number of aromatic nitrogens is 1. The molecule has 2 atom stereocenters. The third-order valence-corrected chi connectivity index (χ3v) is 3.17. The molecule has 62 valence electrons. The summed E-state index contributed by atoms with van der Waals surface area (Å²) in [5, 5.41) is 3.44. The number of hydrogen-bond donors (Lipinski definition) is 1. The van der Waals surface area contributed by atoms with Gasteiger partial charge >= 0.3 is 0 Å². The average Bonchev–Trinajstić information content (AvgIpc) is 2.62. The molecule has 2 aliphatic rings. The molecule has 0 aromatic carbocycles. The fourth-order valence-electron chi connectivity index (χ4n) is 2.55. The van der Waals surface area contributed by atoms with Crippen LogP contribution in [-0.2, 0) is 6.42 Å². The largest absolute Gasteiger partial charge is 0.316 e. The summed E-state index contributed by atoms with van der Waals surface area (Å²) in [6.07, 6.45) is 5.22. The molecule has 1 aromatic rings. The number of hydrogen-bond acceptors (Lipinski definition) is 2. The summed E-state index contributed by atoms with van der Waals surface area (Å²) in [4.78, 5) is 4.19. The fourth-order valence-corrected chi connectivity index (χ4v) is 2.55. The van der Waals surface area contributed by atoms with Crippen molar-refractivity contribution in [3.05, 3.63) is 29.6 Å². The minimum Gasteiger partial charge on any atom is -0.316 e. The molecule has 1 N–H and O–H groups in total. The molecule has 2 heteroatoms. The van der Waals surface area contributed by atoms with Crippen molar-refractivity contribution in [2.45, 2.75) is 12.3 Å². The Kier molecular flexibility index (Phi) is 1.27.